The third kappa shape index (κ3) is 8.20. The number of hydrogen-bond acceptors (Lipinski definition) is 4. The van der Waals surface area contributed by atoms with Crippen molar-refractivity contribution in [3.8, 4) is 0 Å². The number of nitrogens with zero attached hydrogens (tertiary/aromatic N) is 2. The molecule has 2 aliphatic rings. The topological polar surface area (TPSA) is 58.5 Å². The Morgan fingerprint density at radius 3 is 1.80 bits per heavy atom. The van der Waals surface area contributed by atoms with Gasteiger partial charge in [0.2, 0.25) is 0 Å². The minimum absolute atomic E-state index is 0.117. The quantitative estimate of drug-likeness (QED) is 0.814. The summed E-state index contributed by atoms with van der Waals surface area (Å²) in [6.07, 6.45) is 3.50. The van der Waals surface area contributed by atoms with Crippen molar-refractivity contribution in [3.63, 3.8) is 0 Å². The van der Waals surface area contributed by atoms with E-state index in [0.717, 1.165) is 25.9 Å². The first-order valence-electron chi connectivity index (χ1n) is 8.46. The first-order valence-corrected chi connectivity index (χ1v) is 8.46. The van der Waals surface area contributed by atoms with Gasteiger partial charge in [-0.3, -0.25) is 0 Å². The van der Waals surface area contributed by atoms with Crippen LogP contribution in [0.15, 0.2) is 0 Å². The molecule has 2 rings (SSSR count). The second-order valence-electron chi connectivity index (χ2n) is 6.03. The molecule has 20 heavy (non-hydrogen) atoms. The van der Waals surface area contributed by atoms with Gasteiger partial charge in [-0.25, -0.2) is 0 Å². The van der Waals surface area contributed by atoms with Gasteiger partial charge >= 0.3 is 0 Å². The van der Waals surface area contributed by atoms with Crippen LogP contribution in [0.25, 0.3) is 0 Å². The van der Waals surface area contributed by atoms with E-state index in [-0.39, 0.29) is 5.54 Å². The molecule has 0 saturated carbocycles. The van der Waals surface area contributed by atoms with Gasteiger partial charge in [0, 0.05) is 18.1 Å². The number of nitrogens with two attached hydrogens (primary N) is 2. The van der Waals surface area contributed by atoms with E-state index >= 15 is 0 Å². The monoisotopic (exact) mass is 286 g/mol. The lowest BCUT2D eigenvalue weighted by Gasteiger charge is -2.36. The summed E-state index contributed by atoms with van der Waals surface area (Å²) < 4.78 is 0. The first kappa shape index (κ1) is 19.8. The smallest absolute Gasteiger partial charge is 0.0180 e. The average molecular weight is 287 g/mol. The van der Waals surface area contributed by atoms with E-state index < -0.39 is 0 Å². The largest absolute Gasteiger partial charge is 0.326 e. The molecular weight excluding hydrogens is 248 g/mol. The maximum absolute atomic E-state index is 5.97. The van der Waals surface area contributed by atoms with E-state index in [1.807, 2.05) is 13.8 Å². The van der Waals surface area contributed by atoms with Crippen molar-refractivity contribution >= 4 is 0 Å². The zero-order chi connectivity index (χ0) is 15.6. The highest BCUT2D eigenvalue weighted by atomic mass is 15.2. The van der Waals surface area contributed by atoms with Crippen LogP contribution in [-0.4, -0.2) is 60.6 Å². The molecule has 4 nitrogen and oxygen atoms in total. The van der Waals surface area contributed by atoms with Gasteiger partial charge in [0.15, 0.2) is 0 Å². The van der Waals surface area contributed by atoms with Crippen molar-refractivity contribution < 1.29 is 0 Å². The second-order valence-corrected chi connectivity index (χ2v) is 6.03. The fourth-order valence-electron chi connectivity index (χ4n) is 2.53. The van der Waals surface area contributed by atoms with E-state index in [1.54, 1.807) is 0 Å². The Morgan fingerprint density at radius 2 is 1.50 bits per heavy atom. The molecule has 1 atom stereocenters. The standard InChI is InChI=1S/C8H18N2.C6H14N2.C2H6/c1-3-10-6-4-8(2,9)5-7-10;1-2-8-4-3-6(7)5-8;1-2/h3-7,9H2,1-2H3;6H,2-5,7H2,1H3;1-2H3. The molecule has 122 valence electrons. The summed E-state index contributed by atoms with van der Waals surface area (Å²) in [5, 5.41) is 0. The molecule has 0 aromatic rings. The lowest BCUT2D eigenvalue weighted by molar-refractivity contribution is 0.179. The van der Waals surface area contributed by atoms with E-state index in [2.05, 4.69) is 30.6 Å². The molecular formula is C16H38N4. The van der Waals surface area contributed by atoms with Crippen molar-refractivity contribution in [2.75, 3.05) is 39.3 Å². The lowest BCUT2D eigenvalue weighted by Crippen LogP contribution is -2.47. The zero-order valence-electron chi connectivity index (χ0n) is 14.5. The molecule has 0 bridgehead atoms. The maximum Gasteiger partial charge on any atom is 0.0180 e. The van der Waals surface area contributed by atoms with Gasteiger partial charge in [0.05, 0.1) is 0 Å². The molecule has 2 heterocycles. The molecule has 2 aliphatic heterocycles. The van der Waals surface area contributed by atoms with Crippen LogP contribution in [-0.2, 0) is 0 Å². The van der Waals surface area contributed by atoms with E-state index in [1.165, 1.54) is 32.6 Å². The van der Waals surface area contributed by atoms with Crippen LogP contribution < -0.4 is 11.5 Å². The van der Waals surface area contributed by atoms with Crippen molar-refractivity contribution in [2.24, 2.45) is 11.5 Å². The summed E-state index contributed by atoms with van der Waals surface area (Å²) in [4.78, 5) is 4.83. The van der Waals surface area contributed by atoms with Crippen LogP contribution in [0.5, 0.6) is 0 Å². The van der Waals surface area contributed by atoms with Crippen LogP contribution in [0.2, 0.25) is 0 Å². The van der Waals surface area contributed by atoms with E-state index in [0.29, 0.717) is 6.04 Å². The van der Waals surface area contributed by atoms with Gasteiger partial charge < -0.3 is 21.3 Å². The summed E-state index contributed by atoms with van der Waals surface area (Å²) in [6.45, 7) is 17.6. The van der Waals surface area contributed by atoms with Crippen molar-refractivity contribution in [2.45, 2.75) is 65.5 Å². The fourth-order valence-corrected chi connectivity index (χ4v) is 2.53. The first-order chi connectivity index (χ1) is 9.46. The summed E-state index contributed by atoms with van der Waals surface area (Å²) in [6, 6.07) is 0.454. The van der Waals surface area contributed by atoms with Gasteiger partial charge in [0.1, 0.15) is 0 Å². The molecule has 0 aromatic carbocycles. The molecule has 0 amide bonds. The SMILES string of the molecule is CC.CCN1CCC(C)(N)CC1.CCN1CCC(N)C1. The van der Waals surface area contributed by atoms with E-state index in [9.17, 15) is 0 Å². The number of likely N-dealkylation sites (tertiary alicyclic amines) is 2. The fraction of sp³-hybridized carbons (Fsp3) is 1.00. The second kappa shape index (κ2) is 10.6. The van der Waals surface area contributed by atoms with Crippen molar-refractivity contribution in [1.82, 2.24) is 9.80 Å². The summed E-state index contributed by atoms with van der Waals surface area (Å²) in [7, 11) is 0. The highest BCUT2D eigenvalue weighted by molar-refractivity contribution is 4.85. The Hall–Kier alpha value is -0.160. The minimum Gasteiger partial charge on any atom is -0.326 e. The molecule has 0 aromatic heterocycles. The summed E-state index contributed by atoms with van der Waals surface area (Å²) >= 11 is 0. The molecule has 1 unspecified atom stereocenters. The molecule has 4 heteroatoms. The highest BCUT2D eigenvalue weighted by Crippen LogP contribution is 2.17. The minimum atomic E-state index is 0.117. The number of piperidine rings is 1. The molecule has 4 N–H and O–H groups in total. The van der Waals surface area contributed by atoms with Crippen LogP contribution in [0.3, 0.4) is 0 Å². The van der Waals surface area contributed by atoms with E-state index in [4.69, 9.17) is 11.5 Å². The normalized spacial score (nSPS) is 26.2. The Morgan fingerprint density at radius 1 is 1.00 bits per heavy atom. The molecule has 2 fully saturated rings. The van der Waals surface area contributed by atoms with Crippen molar-refractivity contribution in [1.29, 1.82) is 0 Å². The average Bonchev–Trinajstić information content (AvgIpc) is 2.88. The Kier molecular flexibility index (Phi) is 10.5. The maximum atomic E-state index is 5.97. The number of likely N-dealkylation sites (N-methyl/N-ethyl adjacent to an activating group) is 1. The van der Waals surface area contributed by atoms with Gasteiger partial charge in [-0.2, -0.15) is 0 Å². The van der Waals surface area contributed by atoms with Crippen LogP contribution in [0, 0.1) is 0 Å². The van der Waals surface area contributed by atoms with Gasteiger partial charge in [-0.15, -0.1) is 0 Å². The number of rotatable bonds is 2. The van der Waals surface area contributed by atoms with Gasteiger partial charge in [0.25, 0.3) is 0 Å². The summed E-state index contributed by atoms with van der Waals surface area (Å²) in [5.41, 5.74) is 11.7. The predicted octanol–water partition coefficient (Wildman–Crippen LogP) is 1.89. The molecule has 0 radical (unpaired) electrons. The van der Waals surface area contributed by atoms with Crippen LogP contribution in [0.1, 0.15) is 53.9 Å². The van der Waals surface area contributed by atoms with Crippen molar-refractivity contribution in [3.05, 3.63) is 0 Å². The van der Waals surface area contributed by atoms with Crippen LogP contribution >= 0.6 is 0 Å². The molecule has 0 spiro atoms. The Balaban J connectivity index is 0.000000327. The predicted molar refractivity (Wildman–Crippen MR) is 90.0 cm³/mol. The third-order valence-electron chi connectivity index (χ3n) is 4.20. The number of hydrogen-bond donors (Lipinski definition) is 2. The Bertz CT molecular complexity index is 221. The third-order valence-corrected chi connectivity index (χ3v) is 4.20. The highest BCUT2D eigenvalue weighted by Gasteiger charge is 2.24. The summed E-state index contributed by atoms with van der Waals surface area (Å²) in [5.74, 6) is 0. The van der Waals surface area contributed by atoms with Gasteiger partial charge in [-0.05, 0) is 58.9 Å². The molecule has 2 saturated heterocycles. The Labute approximate surface area is 126 Å². The molecule has 0 aliphatic carbocycles. The lowest BCUT2D eigenvalue weighted by atomic mass is 9.91. The van der Waals surface area contributed by atoms with Crippen LogP contribution in [0.4, 0.5) is 0 Å². The van der Waals surface area contributed by atoms with Gasteiger partial charge in [-0.1, -0.05) is 27.7 Å². The zero-order valence-corrected chi connectivity index (χ0v) is 14.5.